The predicted molar refractivity (Wildman–Crippen MR) is 110 cm³/mol. The van der Waals surface area contributed by atoms with Crippen LogP contribution in [0.4, 0.5) is 33.9 Å². The van der Waals surface area contributed by atoms with Crippen molar-refractivity contribution in [2.24, 2.45) is 0 Å². The Bertz CT molecular complexity index is 1150. The fourth-order valence-corrected chi connectivity index (χ4v) is 4.36. The Morgan fingerprint density at radius 2 is 2.03 bits per heavy atom. The highest BCUT2D eigenvalue weighted by Crippen LogP contribution is 2.45. The molecular weight excluding hydrogens is 470 g/mol. The molecule has 0 saturated carbocycles. The number of piperidine rings is 1. The quantitative estimate of drug-likeness (QED) is 0.614. The van der Waals surface area contributed by atoms with E-state index in [1.54, 1.807) is 0 Å². The largest absolute Gasteiger partial charge is 0.436 e. The van der Waals surface area contributed by atoms with Crippen LogP contribution in [0.1, 0.15) is 42.6 Å². The molecule has 33 heavy (non-hydrogen) atoms. The van der Waals surface area contributed by atoms with Crippen molar-refractivity contribution >= 4 is 35.1 Å². The van der Waals surface area contributed by atoms with Gasteiger partial charge >= 0.3 is 12.3 Å². The van der Waals surface area contributed by atoms with E-state index in [0.29, 0.717) is 11.1 Å². The maximum Gasteiger partial charge on any atom is 0.413 e. The molecule has 2 aliphatic heterocycles. The molecule has 0 radical (unpaired) electrons. The SMILES string of the molecule is CC(C)(n1ncc(C(=O)N2CCC[C@@]3(C2)OC(=O)Nc2ccc(Cl)c(F)c23)c1N)C(F)(F)F. The van der Waals surface area contributed by atoms with Gasteiger partial charge in [0.1, 0.15) is 11.4 Å². The number of hydrogen-bond acceptors (Lipinski definition) is 5. The number of nitrogens with zero attached hydrogens (tertiary/aromatic N) is 3. The number of amides is 2. The van der Waals surface area contributed by atoms with Crippen molar-refractivity contribution in [1.29, 1.82) is 0 Å². The van der Waals surface area contributed by atoms with Crippen LogP contribution in [-0.4, -0.2) is 45.9 Å². The molecule has 0 unspecified atom stereocenters. The lowest BCUT2D eigenvalue weighted by Crippen LogP contribution is -2.53. The van der Waals surface area contributed by atoms with Crippen molar-refractivity contribution < 1.29 is 31.9 Å². The Kier molecular flexibility index (Phi) is 5.26. The van der Waals surface area contributed by atoms with Crippen LogP contribution in [0.15, 0.2) is 18.3 Å². The number of nitrogens with one attached hydrogen (secondary N) is 1. The number of fused-ring (bicyclic) bond motifs is 2. The number of likely N-dealkylation sites (tertiary alicyclic amines) is 1. The first-order valence-electron chi connectivity index (χ1n) is 9.97. The van der Waals surface area contributed by atoms with Gasteiger partial charge in [-0.15, -0.1) is 0 Å². The van der Waals surface area contributed by atoms with Crippen molar-refractivity contribution in [3.8, 4) is 0 Å². The third kappa shape index (κ3) is 3.56. The van der Waals surface area contributed by atoms with Crippen molar-refractivity contribution in [2.45, 2.75) is 44.0 Å². The van der Waals surface area contributed by atoms with E-state index in [1.165, 1.54) is 17.0 Å². The summed E-state index contributed by atoms with van der Waals surface area (Å²) in [5.41, 5.74) is 1.85. The summed E-state index contributed by atoms with van der Waals surface area (Å²) in [6.45, 7) is 1.73. The molecule has 8 nitrogen and oxygen atoms in total. The van der Waals surface area contributed by atoms with Crippen molar-refractivity contribution in [1.82, 2.24) is 14.7 Å². The van der Waals surface area contributed by atoms with Crippen LogP contribution in [0.25, 0.3) is 0 Å². The highest BCUT2D eigenvalue weighted by Gasteiger charge is 2.52. The number of aromatic nitrogens is 2. The van der Waals surface area contributed by atoms with E-state index in [1.807, 2.05) is 0 Å². The van der Waals surface area contributed by atoms with Gasteiger partial charge in [-0.25, -0.2) is 13.9 Å². The second-order valence-corrected chi connectivity index (χ2v) is 8.94. The summed E-state index contributed by atoms with van der Waals surface area (Å²) in [5.74, 6) is -1.96. The maximum atomic E-state index is 15.0. The van der Waals surface area contributed by atoms with Gasteiger partial charge in [0.2, 0.25) is 0 Å². The fourth-order valence-electron chi connectivity index (χ4n) is 4.21. The molecule has 2 aliphatic rings. The lowest BCUT2D eigenvalue weighted by molar-refractivity contribution is -0.205. The van der Waals surface area contributed by atoms with Crippen LogP contribution < -0.4 is 11.1 Å². The van der Waals surface area contributed by atoms with Crippen LogP contribution >= 0.6 is 11.6 Å². The van der Waals surface area contributed by atoms with E-state index >= 15 is 0 Å². The number of carbonyl (C=O) groups is 2. The molecule has 1 spiro atoms. The van der Waals surface area contributed by atoms with Crippen LogP contribution in [-0.2, 0) is 15.9 Å². The van der Waals surface area contributed by atoms with Crippen LogP contribution in [0.3, 0.4) is 0 Å². The average Bonchev–Trinajstić information content (AvgIpc) is 3.11. The zero-order chi connectivity index (χ0) is 24.3. The molecule has 3 N–H and O–H groups in total. The van der Waals surface area contributed by atoms with Gasteiger partial charge in [-0.2, -0.15) is 18.3 Å². The number of alkyl halides is 3. The van der Waals surface area contributed by atoms with E-state index < -0.39 is 41.0 Å². The summed E-state index contributed by atoms with van der Waals surface area (Å²) in [7, 11) is 0. The summed E-state index contributed by atoms with van der Waals surface area (Å²) in [4.78, 5) is 26.6. The lowest BCUT2D eigenvalue weighted by atomic mass is 9.83. The number of benzene rings is 1. The van der Waals surface area contributed by atoms with E-state index in [9.17, 15) is 27.2 Å². The molecule has 178 valence electrons. The van der Waals surface area contributed by atoms with Gasteiger partial charge in [0.25, 0.3) is 5.91 Å². The molecular formula is C20H20ClF4N5O3. The zero-order valence-electron chi connectivity index (χ0n) is 17.6. The third-order valence-corrected chi connectivity index (χ3v) is 6.37. The van der Waals surface area contributed by atoms with Crippen molar-refractivity contribution in [3.63, 3.8) is 0 Å². The molecule has 2 aromatic rings. The van der Waals surface area contributed by atoms with Crippen molar-refractivity contribution in [3.05, 3.63) is 40.3 Å². The Balaban J connectivity index is 1.70. The number of anilines is 2. The van der Waals surface area contributed by atoms with E-state index in [2.05, 4.69) is 10.4 Å². The molecule has 3 heterocycles. The van der Waals surface area contributed by atoms with Gasteiger partial charge in [-0.05, 0) is 38.8 Å². The van der Waals surface area contributed by atoms with E-state index in [-0.39, 0.29) is 41.3 Å². The van der Waals surface area contributed by atoms with Crippen LogP contribution in [0.2, 0.25) is 5.02 Å². The first-order valence-corrected chi connectivity index (χ1v) is 10.3. The second-order valence-electron chi connectivity index (χ2n) is 8.54. The summed E-state index contributed by atoms with van der Waals surface area (Å²) in [6.07, 6.45) is -3.99. The second kappa shape index (κ2) is 7.51. The maximum absolute atomic E-state index is 15.0. The molecule has 1 saturated heterocycles. The van der Waals surface area contributed by atoms with Gasteiger partial charge in [-0.1, -0.05) is 11.6 Å². The molecule has 13 heteroatoms. The predicted octanol–water partition coefficient (Wildman–Crippen LogP) is 4.25. The number of carbonyl (C=O) groups excluding carboxylic acids is 2. The highest BCUT2D eigenvalue weighted by molar-refractivity contribution is 6.31. The third-order valence-electron chi connectivity index (χ3n) is 6.08. The van der Waals surface area contributed by atoms with Gasteiger partial charge in [0.05, 0.1) is 29.0 Å². The minimum absolute atomic E-state index is 0.00831. The normalized spacial score (nSPS) is 20.9. The molecule has 0 bridgehead atoms. The lowest BCUT2D eigenvalue weighted by Gasteiger charge is -2.45. The van der Waals surface area contributed by atoms with Gasteiger partial charge in [0.15, 0.2) is 17.0 Å². The number of nitrogens with two attached hydrogens (primary N) is 1. The van der Waals surface area contributed by atoms with Crippen LogP contribution in [0, 0.1) is 5.82 Å². The minimum atomic E-state index is -4.67. The van der Waals surface area contributed by atoms with Gasteiger partial charge < -0.3 is 15.4 Å². The Hall–Kier alpha value is -3.02. The van der Waals surface area contributed by atoms with Crippen molar-refractivity contribution in [2.75, 3.05) is 24.1 Å². The first-order chi connectivity index (χ1) is 15.3. The average molecular weight is 490 g/mol. The minimum Gasteiger partial charge on any atom is -0.436 e. The Morgan fingerprint density at radius 1 is 1.33 bits per heavy atom. The van der Waals surface area contributed by atoms with Gasteiger partial charge in [0, 0.05) is 6.54 Å². The highest BCUT2D eigenvalue weighted by atomic mass is 35.5. The van der Waals surface area contributed by atoms with Gasteiger partial charge in [-0.3, -0.25) is 10.1 Å². The fraction of sp³-hybridized carbons (Fsp3) is 0.450. The molecule has 4 rings (SSSR count). The first kappa shape index (κ1) is 23.1. The molecule has 1 fully saturated rings. The monoisotopic (exact) mass is 489 g/mol. The molecule has 2 amide bonds. The number of halogens is 5. The number of rotatable bonds is 2. The van der Waals surface area contributed by atoms with E-state index in [0.717, 1.165) is 20.0 Å². The standard InChI is InChI=1S/C20H20ClF4N5O3/c1-18(2,20(23,24)25)30-15(26)10(8-27-30)16(31)29-7-3-6-19(9-29)13-12(28-17(32)33-19)5-4-11(21)14(13)22/h4-5,8H,3,6-7,9,26H2,1-2H3,(H,28,32)/t19-/m0/s1. The zero-order valence-corrected chi connectivity index (χ0v) is 18.3. The number of nitrogen functional groups attached to an aromatic ring is 1. The smallest absolute Gasteiger partial charge is 0.413 e. The topological polar surface area (TPSA) is 102 Å². The summed E-state index contributed by atoms with van der Waals surface area (Å²) >= 11 is 5.94. The molecule has 1 aromatic heterocycles. The summed E-state index contributed by atoms with van der Waals surface area (Å²) < 4.78 is 61.3. The number of ether oxygens (including phenoxy) is 1. The summed E-state index contributed by atoms with van der Waals surface area (Å²) in [6, 6.07) is 2.73. The van der Waals surface area contributed by atoms with E-state index in [4.69, 9.17) is 22.1 Å². The Morgan fingerprint density at radius 3 is 2.70 bits per heavy atom. The Labute approximate surface area is 190 Å². The van der Waals surface area contributed by atoms with Crippen LogP contribution in [0.5, 0.6) is 0 Å². The molecule has 1 atom stereocenters. The summed E-state index contributed by atoms with van der Waals surface area (Å²) in [5, 5.41) is 5.93. The molecule has 1 aromatic carbocycles. The number of hydrogen-bond donors (Lipinski definition) is 2. The molecule has 0 aliphatic carbocycles.